The summed E-state index contributed by atoms with van der Waals surface area (Å²) >= 11 is 0. The number of aromatic nitrogens is 2. The van der Waals surface area contributed by atoms with Crippen LogP contribution in [-0.2, 0) is 11.2 Å². The highest BCUT2D eigenvalue weighted by molar-refractivity contribution is 5.90. The molecule has 154 valence electrons. The van der Waals surface area contributed by atoms with Crippen molar-refractivity contribution in [2.45, 2.75) is 25.3 Å². The summed E-state index contributed by atoms with van der Waals surface area (Å²) in [5.41, 5.74) is 2.78. The molecule has 1 saturated heterocycles. The fourth-order valence-corrected chi connectivity index (χ4v) is 3.26. The molecule has 9 heteroatoms. The minimum atomic E-state index is -0.824. The van der Waals surface area contributed by atoms with Crippen molar-refractivity contribution >= 4 is 17.8 Å². The first-order chi connectivity index (χ1) is 14.0. The molecule has 0 radical (unpaired) electrons. The number of benzene rings is 1. The minimum absolute atomic E-state index is 0.213. The number of amides is 1. The van der Waals surface area contributed by atoms with Crippen molar-refractivity contribution in [3.8, 4) is 0 Å². The average Bonchev–Trinajstić information content (AvgIpc) is 2.74. The van der Waals surface area contributed by atoms with Crippen LogP contribution in [0.5, 0.6) is 0 Å². The second kappa shape index (κ2) is 10.0. The van der Waals surface area contributed by atoms with E-state index in [2.05, 4.69) is 20.2 Å². The van der Waals surface area contributed by atoms with E-state index in [1.165, 1.54) is 29.9 Å². The molecule has 3 rings (SSSR count). The molecular weight excluding hydrogens is 380 g/mol. The van der Waals surface area contributed by atoms with E-state index in [9.17, 15) is 13.6 Å². The smallest absolute Gasteiger partial charge is 0.267 e. The third-order valence-corrected chi connectivity index (χ3v) is 4.75. The average molecular weight is 403 g/mol. The van der Waals surface area contributed by atoms with Crippen LogP contribution in [0.15, 0.2) is 36.7 Å². The highest BCUT2D eigenvalue weighted by Gasteiger charge is 2.20. The Hall–Kier alpha value is -2.91. The number of nitrogens with zero attached hydrogens (tertiary/aromatic N) is 3. The molecule has 0 bridgehead atoms. The topological polar surface area (TPSA) is 90.4 Å². The molecule has 1 aliphatic rings. The predicted octanol–water partition coefficient (Wildman–Crippen LogP) is 2.39. The van der Waals surface area contributed by atoms with Crippen molar-refractivity contribution in [2.75, 3.05) is 25.0 Å². The first-order valence-corrected chi connectivity index (χ1v) is 9.40. The summed E-state index contributed by atoms with van der Waals surface area (Å²) in [6.07, 6.45) is 8.42. The molecule has 29 heavy (non-hydrogen) atoms. The second-order valence-electron chi connectivity index (χ2n) is 6.92. The van der Waals surface area contributed by atoms with Crippen LogP contribution in [0, 0.1) is 11.6 Å². The fourth-order valence-electron chi connectivity index (χ4n) is 3.26. The Balaban J connectivity index is 1.49. The van der Waals surface area contributed by atoms with E-state index in [0.717, 1.165) is 44.1 Å². The number of likely N-dealkylation sites (tertiary alicyclic amines) is 1. The van der Waals surface area contributed by atoms with Crippen LogP contribution < -0.4 is 10.8 Å². The number of anilines is 1. The Morgan fingerprint density at radius 1 is 1.28 bits per heavy atom. The normalized spacial score (nSPS) is 17.4. The lowest BCUT2D eigenvalue weighted by molar-refractivity contribution is -0.124. The number of nitrogens with one attached hydrogen (secondary N) is 2. The maximum atomic E-state index is 13.3. The third-order valence-electron chi connectivity index (χ3n) is 4.75. The van der Waals surface area contributed by atoms with E-state index in [0.29, 0.717) is 17.9 Å². The third kappa shape index (κ3) is 6.30. The summed E-state index contributed by atoms with van der Waals surface area (Å²) in [4.78, 5) is 21.8. The van der Waals surface area contributed by atoms with Gasteiger partial charge < -0.3 is 10.2 Å². The second-order valence-corrected chi connectivity index (χ2v) is 6.92. The van der Waals surface area contributed by atoms with E-state index in [1.807, 2.05) is 0 Å². The Morgan fingerprint density at radius 3 is 2.86 bits per heavy atom. The zero-order chi connectivity index (χ0) is 20.6. The molecule has 2 aromatic rings. The Kier molecular flexibility index (Phi) is 7.20. The Bertz CT molecular complexity index is 860. The number of hydrogen-bond acceptors (Lipinski definition) is 6. The van der Waals surface area contributed by atoms with Gasteiger partial charge >= 0.3 is 0 Å². The number of halogens is 2. The van der Waals surface area contributed by atoms with Gasteiger partial charge in [-0.1, -0.05) is 6.07 Å². The van der Waals surface area contributed by atoms with Gasteiger partial charge in [-0.15, -0.1) is 0 Å². The first kappa shape index (κ1) is 20.8. The molecule has 2 heterocycles. The van der Waals surface area contributed by atoms with Crippen LogP contribution in [0.1, 0.15) is 24.1 Å². The van der Waals surface area contributed by atoms with Crippen molar-refractivity contribution in [3.63, 3.8) is 0 Å². The van der Waals surface area contributed by atoms with E-state index in [1.54, 1.807) is 12.3 Å². The number of carbonyl (C=O) groups excluding carboxylic acids is 1. The zero-order valence-corrected chi connectivity index (χ0v) is 15.8. The highest BCUT2D eigenvalue weighted by atomic mass is 19.2. The SMILES string of the molecule is O=C(C=Cc1cnc(N[C@@H]2CCCN(CCc3ccc(F)c(F)c3)C2)cn1)NO. The lowest BCUT2D eigenvalue weighted by Gasteiger charge is -2.33. The first-order valence-electron chi connectivity index (χ1n) is 9.40. The summed E-state index contributed by atoms with van der Waals surface area (Å²) in [7, 11) is 0. The Morgan fingerprint density at radius 2 is 2.14 bits per heavy atom. The van der Waals surface area contributed by atoms with Crippen LogP contribution in [0.4, 0.5) is 14.6 Å². The van der Waals surface area contributed by atoms with Gasteiger partial charge in [0, 0.05) is 25.2 Å². The fraction of sp³-hybridized carbons (Fsp3) is 0.350. The van der Waals surface area contributed by atoms with Gasteiger partial charge in [-0.2, -0.15) is 0 Å². The summed E-state index contributed by atoms with van der Waals surface area (Å²) in [5, 5.41) is 11.8. The van der Waals surface area contributed by atoms with E-state index >= 15 is 0 Å². The lowest BCUT2D eigenvalue weighted by atomic mass is 10.0. The van der Waals surface area contributed by atoms with Crippen LogP contribution in [0.3, 0.4) is 0 Å². The molecule has 1 aliphatic heterocycles. The molecule has 0 saturated carbocycles. The van der Waals surface area contributed by atoms with Crippen LogP contribution in [0.2, 0.25) is 0 Å². The molecule has 7 nitrogen and oxygen atoms in total. The lowest BCUT2D eigenvalue weighted by Crippen LogP contribution is -2.43. The van der Waals surface area contributed by atoms with Gasteiger partial charge in [0.05, 0.1) is 18.1 Å². The number of rotatable bonds is 7. The van der Waals surface area contributed by atoms with Crippen molar-refractivity contribution in [2.24, 2.45) is 0 Å². The standard InChI is InChI=1S/C20H23F2N5O2/c21-17-5-3-14(10-18(17)22)7-9-27-8-1-2-16(13-27)25-19-12-23-15(11-24-19)4-6-20(28)26-29/h3-6,10-12,16,29H,1-2,7-9,13H2,(H,24,25)(H,26,28)/t16-/m1/s1. The summed E-state index contributed by atoms with van der Waals surface area (Å²) in [6.45, 7) is 2.56. The molecular formula is C20H23F2N5O2. The van der Waals surface area contributed by atoms with E-state index in [-0.39, 0.29) is 6.04 Å². The monoisotopic (exact) mass is 403 g/mol. The van der Waals surface area contributed by atoms with Gasteiger partial charge in [-0.25, -0.2) is 19.2 Å². The van der Waals surface area contributed by atoms with Gasteiger partial charge in [-0.3, -0.25) is 15.0 Å². The van der Waals surface area contributed by atoms with Gasteiger partial charge in [0.15, 0.2) is 11.6 Å². The number of piperidine rings is 1. The molecule has 0 unspecified atom stereocenters. The maximum Gasteiger partial charge on any atom is 0.267 e. The van der Waals surface area contributed by atoms with Crippen molar-refractivity contribution in [1.82, 2.24) is 20.3 Å². The summed E-state index contributed by atoms with van der Waals surface area (Å²) < 4.78 is 26.4. The van der Waals surface area contributed by atoms with Crippen LogP contribution in [-0.4, -0.2) is 51.7 Å². The zero-order valence-electron chi connectivity index (χ0n) is 15.8. The minimum Gasteiger partial charge on any atom is -0.365 e. The molecule has 1 fully saturated rings. The predicted molar refractivity (Wildman–Crippen MR) is 104 cm³/mol. The van der Waals surface area contributed by atoms with Gasteiger partial charge in [0.2, 0.25) is 0 Å². The van der Waals surface area contributed by atoms with Crippen LogP contribution in [0.25, 0.3) is 6.08 Å². The molecule has 1 aromatic carbocycles. The Labute approximate surface area is 167 Å². The number of carbonyl (C=O) groups is 1. The maximum absolute atomic E-state index is 13.3. The molecule has 1 aromatic heterocycles. The van der Waals surface area contributed by atoms with Crippen LogP contribution >= 0.6 is 0 Å². The van der Waals surface area contributed by atoms with E-state index in [4.69, 9.17) is 5.21 Å². The van der Waals surface area contributed by atoms with Crippen molar-refractivity contribution < 1.29 is 18.8 Å². The summed E-state index contributed by atoms with van der Waals surface area (Å²) in [5.74, 6) is -1.63. The number of hydrogen-bond donors (Lipinski definition) is 3. The van der Waals surface area contributed by atoms with E-state index < -0.39 is 17.5 Å². The molecule has 0 spiro atoms. The highest BCUT2D eigenvalue weighted by Crippen LogP contribution is 2.16. The summed E-state index contributed by atoms with van der Waals surface area (Å²) in [6, 6.07) is 4.25. The van der Waals surface area contributed by atoms with Gasteiger partial charge in [0.25, 0.3) is 5.91 Å². The molecule has 1 atom stereocenters. The number of hydroxylamine groups is 1. The quantitative estimate of drug-likeness (QED) is 0.374. The molecule has 3 N–H and O–H groups in total. The molecule has 0 aliphatic carbocycles. The van der Waals surface area contributed by atoms with Gasteiger partial charge in [0.1, 0.15) is 5.82 Å². The van der Waals surface area contributed by atoms with Crippen molar-refractivity contribution in [3.05, 3.63) is 59.6 Å². The molecule has 1 amide bonds. The van der Waals surface area contributed by atoms with Gasteiger partial charge in [-0.05, 0) is 49.6 Å². The largest absolute Gasteiger partial charge is 0.365 e. The van der Waals surface area contributed by atoms with Crippen molar-refractivity contribution in [1.29, 1.82) is 0 Å².